The van der Waals surface area contributed by atoms with Gasteiger partial charge in [0.15, 0.2) is 0 Å². The summed E-state index contributed by atoms with van der Waals surface area (Å²) >= 11 is 2.83. The highest BCUT2D eigenvalue weighted by molar-refractivity contribution is 7.19. The van der Waals surface area contributed by atoms with E-state index in [1.807, 2.05) is 18.4 Å². The Hall–Kier alpha value is -2.38. The molecule has 0 saturated carbocycles. The summed E-state index contributed by atoms with van der Waals surface area (Å²) in [6, 6.07) is 6.28. The van der Waals surface area contributed by atoms with Crippen molar-refractivity contribution in [3.8, 4) is 0 Å². The number of hydrogen-bond acceptors (Lipinski definition) is 5. The van der Waals surface area contributed by atoms with Crippen molar-refractivity contribution in [1.29, 1.82) is 0 Å². The van der Waals surface area contributed by atoms with E-state index in [9.17, 15) is 9.18 Å². The molecule has 7 heteroatoms. The number of thiazole rings is 1. The lowest BCUT2D eigenvalue weighted by Gasteiger charge is -1.99. The van der Waals surface area contributed by atoms with E-state index in [-0.39, 0.29) is 11.4 Å². The van der Waals surface area contributed by atoms with Gasteiger partial charge in [-0.15, -0.1) is 22.7 Å². The summed E-state index contributed by atoms with van der Waals surface area (Å²) in [4.78, 5) is 24.4. The molecule has 4 rings (SSSR count). The first-order chi connectivity index (χ1) is 11.1. The van der Waals surface area contributed by atoms with E-state index in [2.05, 4.69) is 15.0 Å². The van der Waals surface area contributed by atoms with Gasteiger partial charge in [-0.1, -0.05) is 0 Å². The third kappa shape index (κ3) is 2.58. The Kier molecular flexibility index (Phi) is 3.32. The number of allylic oxidation sites excluding steroid dienone is 1. The van der Waals surface area contributed by atoms with Crippen LogP contribution < -0.4 is 5.56 Å². The minimum atomic E-state index is -0.275. The van der Waals surface area contributed by atoms with Crippen LogP contribution >= 0.6 is 22.7 Å². The first kappa shape index (κ1) is 14.2. The number of aromatic amines is 1. The van der Waals surface area contributed by atoms with Crippen molar-refractivity contribution >= 4 is 54.8 Å². The molecular weight excluding hydrogens is 333 g/mol. The average Bonchev–Trinajstić information content (AvgIpc) is 3.12. The molecule has 1 N–H and O–H groups in total. The number of halogens is 1. The van der Waals surface area contributed by atoms with Gasteiger partial charge in [-0.3, -0.25) is 4.79 Å². The van der Waals surface area contributed by atoms with Gasteiger partial charge >= 0.3 is 0 Å². The summed E-state index contributed by atoms with van der Waals surface area (Å²) < 4.78 is 14.0. The first-order valence-corrected chi connectivity index (χ1v) is 8.52. The van der Waals surface area contributed by atoms with Crippen LogP contribution in [0.25, 0.3) is 32.1 Å². The van der Waals surface area contributed by atoms with Crippen LogP contribution in [-0.2, 0) is 0 Å². The van der Waals surface area contributed by atoms with Crippen LogP contribution in [0.15, 0.2) is 34.4 Å². The SMILES string of the molecule is C/C(=C/c1nc2ccc(F)cc2s1)c1nc2sccc2c(=O)[nH]1. The number of hydrogen-bond donors (Lipinski definition) is 1. The molecule has 0 spiro atoms. The molecule has 4 nitrogen and oxygen atoms in total. The molecule has 0 unspecified atom stereocenters. The molecule has 0 aliphatic carbocycles. The molecule has 0 aliphatic heterocycles. The van der Waals surface area contributed by atoms with E-state index < -0.39 is 0 Å². The number of nitrogens with one attached hydrogen (secondary N) is 1. The number of rotatable bonds is 2. The largest absolute Gasteiger partial charge is 0.306 e. The van der Waals surface area contributed by atoms with Crippen molar-refractivity contribution < 1.29 is 4.39 Å². The highest BCUT2D eigenvalue weighted by Crippen LogP contribution is 2.26. The maximum atomic E-state index is 13.3. The number of nitrogens with zero attached hydrogens (tertiary/aromatic N) is 2. The molecule has 0 atom stereocenters. The number of aromatic nitrogens is 3. The van der Waals surface area contributed by atoms with Gasteiger partial charge in [-0.05, 0) is 48.2 Å². The summed E-state index contributed by atoms with van der Waals surface area (Å²) in [5.74, 6) is 0.248. The number of H-pyrrole nitrogens is 1. The van der Waals surface area contributed by atoms with Crippen molar-refractivity contribution in [2.45, 2.75) is 6.92 Å². The van der Waals surface area contributed by atoms with Crippen LogP contribution in [0.2, 0.25) is 0 Å². The van der Waals surface area contributed by atoms with Crippen LogP contribution in [0, 0.1) is 5.82 Å². The van der Waals surface area contributed by atoms with Crippen molar-refractivity contribution in [1.82, 2.24) is 15.0 Å². The van der Waals surface area contributed by atoms with E-state index in [1.54, 1.807) is 12.1 Å². The van der Waals surface area contributed by atoms with E-state index in [0.717, 1.165) is 20.8 Å². The summed E-state index contributed by atoms with van der Waals surface area (Å²) in [5.41, 5.74) is 1.41. The summed E-state index contributed by atoms with van der Waals surface area (Å²) in [6.45, 7) is 1.87. The van der Waals surface area contributed by atoms with E-state index in [0.29, 0.717) is 16.0 Å². The maximum Gasteiger partial charge on any atom is 0.259 e. The molecule has 1 aromatic carbocycles. The van der Waals surface area contributed by atoms with Gasteiger partial charge in [0.05, 0.1) is 15.6 Å². The van der Waals surface area contributed by atoms with Gasteiger partial charge < -0.3 is 4.98 Å². The van der Waals surface area contributed by atoms with Gasteiger partial charge in [0.1, 0.15) is 21.5 Å². The monoisotopic (exact) mass is 343 g/mol. The second-order valence-corrected chi connectivity index (χ2v) is 7.00. The van der Waals surface area contributed by atoms with Crippen molar-refractivity contribution in [3.05, 3.63) is 56.6 Å². The lowest BCUT2D eigenvalue weighted by atomic mass is 10.2. The predicted molar refractivity (Wildman–Crippen MR) is 93.4 cm³/mol. The molecule has 3 heterocycles. The van der Waals surface area contributed by atoms with Gasteiger partial charge in [0.25, 0.3) is 5.56 Å². The fraction of sp³-hybridized carbons (Fsp3) is 0.0625. The zero-order valence-corrected chi connectivity index (χ0v) is 13.6. The molecule has 114 valence electrons. The van der Waals surface area contributed by atoms with Crippen molar-refractivity contribution in [2.75, 3.05) is 0 Å². The van der Waals surface area contributed by atoms with E-state index in [1.165, 1.54) is 34.8 Å². The predicted octanol–water partition coefficient (Wildman–Crippen LogP) is 4.29. The van der Waals surface area contributed by atoms with Gasteiger partial charge in [-0.2, -0.15) is 0 Å². The highest BCUT2D eigenvalue weighted by Gasteiger charge is 2.08. The van der Waals surface area contributed by atoms with Crippen LogP contribution in [0.4, 0.5) is 4.39 Å². The van der Waals surface area contributed by atoms with Crippen LogP contribution in [-0.4, -0.2) is 15.0 Å². The number of thiophene rings is 1. The van der Waals surface area contributed by atoms with Crippen molar-refractivity contribution in [2.24, 2.45) is 0 Å². The summed E-state index contributed by atoms with van der Waals surface area (Å²) in [7, 11) is 0. The third-order valence-electron chi connectivity index (χ3n) is 3.42. The molecule has 0 fully saturated rings. The number of benzene rings is 1. The molecule has 0 saturated heterocycles. The molecule has 4 aromatic rings. The molecule has 0 bridgehead atoms. The Morgan fingerprint density at radius 1 is 1.30 bits per heavy atom. The third-order valence-corrected chi connectivity index (χ3v) is 5.19. The first-order valence-electron chi connectivity index (χ1n) is 6.82. The molecule has 3 aromatic heterocycles. The number of fused-ring (bicyclic) bond motifs is 2. The summed E-state index contributed by atoms with van der Waals surface area (Å²) in [5, 5.41) is 3.19. The second-order valence-electron chi connectivity index (χ2n) is 5.05. The zero-order valence-electron chi connectivity index (χ0n) is 12.0. The molecular formula is C16H10FN3OS2. The van der Waals surface area contributed by atoms with Crippen LogP contribution in [0.1, 0.15) is 17.8 Å². The maximum absolute atomic E-state index is 13.3. The quantitative estimate of drug-likeness (QED) is 0.590. The second kappa shape index (κ2) is 5.36. The molecule has 23 heavy (non-hydrogen) atoms. The molecule has 0 aliphatic rings. The highest BCUT2D eigenvalue weighted by atomic mass is 32.1. The minimum Gasteiger partial charge on any atom is -0.306 e. The van der Waals surface area contributed by atoms with Crippen LogP contribution in [0.5, 0.6) is 0 Å². The van der Waals surface area contributed by atoms with Crippen molar-refractivity contribution in [3.63, 3.8) is 0 Å². The average molecular weight is 343 g/mol. The molecule has 0 radical (unpaired) electrons. The smallest absolute Gasteiger partial charge is 0.259 e. The summed E-state index contributed by atoms with van der Waals surface area (Å²) in [6.07, 6.45) is 1.85. The standard InChI is InChI=1S/C16H10FN3OS2/c1-8(14-19-15(21)10-4-5-22-16(10)20-14)6-13-18-11-3-2-9(17)7-12(11)23-13/h2-7H,1H3,(H,19,20,21)/b8-6-. The Morgan fingerprint density at radius 3 is 3.04 bits per heavy atom. The normalized spacial score (nSPS) is 12.3. The minimum absolute atomic E-state index is 0.148. The lowest BCUT2D eigenvalue weighted by molar-refractivity contribution is 0.630. The lowest BCUT2D eigenvalue weighted by Crippen LogP contribution is -2.09. The fourth-order valence-corrected chi connectivity index (χ4v) is 4.04. The Morgan fingerprint density at radius 2 is 2.17 bits per heavy atom. The van der Waals surface area contributed by atoms with E-state index in [4.69, 9.17) is 0 Å². The van der Waals surface area contributed by atoms with Gasteiger partial charge in [-0.25, -0.2) is 14.4 Å². The van der Waals surface area contributed by atoms with Crippen LogP contribution in [0.3, 0.4) is 0 Å². The van der Waals surface area contributed by atoms with Gasteiger partial charge in [0, 0.05) is 0 Å². The van der Waals surface area contributed by atoms with Gasteiger partial charge in [0.2, 0.25) is 0 Å². The van der Waals surface area contributed by atoms with E-state index >= 15 is 0 Å². The topological polar surface area (TPSA) is 58.6 Å². The Labute approximate surface area is 138 Å². The Balaban J connectivity index is 1.79. The Bertz CT molecular complexity index is 1120. The molecule has 0 amide bonds. The fourth-order valence-electron chi connectivity index (χ4n) is 2.28. The zero-order chi connectivity index (χ0) is 16.0.